The van der Waals surface area contributed by atoms with Crippen molar-refractivity contribution in [1.29, 1.82) is 0 Å². The molecule has 0 aliphatic heterocycles. The zero-order chi connectivity index (χ0) is 12.7. The van der Waals surface area contributed by atoms with Crippen LogP contribution >= 0.6 is 0 Å². The number of rotatable bonds is 0. The lowest BCUT2D eigenvalue weighted by molar-refractivity contribution is 0.846. The van der Waals surface area contributed by atoms with E-state index in [1.807, 2.05) is 34.6 Å². The molecule has 0 spiro atoms. The molecule has 0 aliphatic carbocycles. The number of hydrogen-bond acceptors (Lipinski definition) is 4. The summed E-state index contributed by atoms with van der Waals surface area (Å²) < 4.78 is 1.17. The molecule has 2 rings (SSSR count). The molecule has 6 nitrogen and oxygen atoms in total. The molecular formula is C10H19N5O. The van der Waals surface area contributed by atoms with Crippen LogP contribution in [0.25, 0.3) is 5.65 Å². The molecule has 16 heavy (non-hydrogen) atoms. The highest BCUT2D eigenvalue weighted by atomic mass is 16.1. The minimum absolute atomic E-state index is 0.108. The second kappa shape index (κ2) is 6.60. The summed E-state index contributed by atoms with van der Waals surface area (Å²) in [4.78, 5) is 17.4. The predicted molar refractivity (Wildman–Crippen MR) is 65.5 cm³/mol. The van der Waals surface area contributed by atoms with Crippen molar-refractivity contribution in [3.63, 3.8) is 0 Å². The Morgan fingerprint density at radius 2 is 1.88 bits per heavy atom. The number of nitrogen functional groups attached to an aromatic ring is 1. The third kappa shape index (κ3) is 2.82. The number of aryl methyl sites for hydroxylation is 1. The fourth-order valence-electron chi connectivity index (χ4n) is 1.01. The highest BCUT2D eigenvalue weighted by molar-refractivity contribution is 5.46. The van der Waals surface area contributed by atoms with Gasteiger partial charge in [0, 0.05) is 5.56 Å². The van der Waals surface area contributed by atoms with Crippen molar-refractivity contribution in [2.24, 2.45) is 0 Å². The van der Waals surface area contributed by atoms with Crippen molar-refractivity contribution in [1.82, 2.24) is 19.6 Å². The first-order chi connectivity index (χ1) is 7.68. The van der Waals surface area contributed by atoms with E-state index in [1.165, 1.54) is 4.52 Å². The summed E-state index contributed by atoms with van der Waals surface area (Å²) >= 11 is 0. The second-order valence-electron chi connectivity index (χ2n) is 2.49. The fourth-order valence-corrected chi connectivity index (χ4v) is 1.01. The predicted octanol–water partition coefficient (Wildman–Crippen LogP) is 1.36. The molecule has 2 aromatic rings. The zero-order valence-corrected chi connectivity index (χ0v) is 10.4. The van der Waals surface area contributed by atoms with Crippen molar-refractivity contribution >= 4 is 11.6 Å². The van der Waals surface area contributed by atoms with Gasteiger partial charge in [-0.15, -0.1) is 0 Å². The molecule has 0 aliphatic rings. The Morgan fingerprint density at radius 3 is 2.44 bits per heavy atom. The molecule has 0 amide bonds. The molecule has 0 fully saturated rings. The molecule has 2 aromatic heterocycles. The summed E-state index contributed by atoms with van der Waals surface area (Å²) in [6, 6.07) is 0. The molecule has 0 bridgehead atoms. The summed E-state index contributed by atoms with van der Waals surface area (Å²) in [7, 11) is 0. The maximum atomic E-state index is 11.1. The van der Waals surface area contributed by atoms with Gasteiger partial charge in [0.05, 0.1) is 6.20 Å². The molecule has 0 unspecified atom stereocenters. The molecular weight excluding hydrogens is 206 g/mol. The lowest BCUT2D eigenvalue weighted by Crippen LogP contribution is -2.20. The van der Waals surface area contributed by atoms with Crippen LogP contribution in [-0.4, -0.2) is 19.6 Å². The van der Waals surface area contributed by atoms with E-state index in [9.17, 15) is 4.79 Å². The van der Waals surface area contributed by atoms with Gasteiger partial charge in [-0.25, -0.2) is 4.79 Å². The van der Waals surface area contributed by atoms with Crippen molar-refractivity contribution in [2.45, 2.75) is 34.6 Å². The number of hydrogen-bond donors (Lipinski definition) is 2. The lowest BCUT2D eigenvalue weighted by atomic mass is 10.4. The normalized spacial score (nSPS) is 8.81. The maximum Gasteiger partial charge on any atom is 0.350 e. The summed E-state index contributed by atoms with van der Waals surface area (Å²) in [5.41, 5.74) is 6.30. The summed E-state index contributed by atoms with van der Waals surface area (Å²) in [6.45, 7) is 9.81. The summed E-state index contributed by atoms with van der Waals surface area (Å²) in [6.07, 6.45) is 1.57. The Morgan fingerprint density at radius 1 is 1.31 bits per heavy atom. The van der Waals surface area contributed by atoms with Gasteiger partial charge in [0.15, 0.2) is 5.65 Å². The lowest BCUT2D eigenvalue weighted by Gasteiger charge is -1.93. The van der Waals surface area contributed by atoms with Gasteiger partial charge < -0.3 is 5.73 Å². The Labute approximate surface area is 94.5 Å². The van der Waals surface area contributed by atoms with Crippen LogP contribution in [0, 0.1) is 6.92 Å². The quantitative estimate of drug-likeness (QED) is 0.708. The van der Waals surface area contributed by atoms with E-state index in [2.05, 4.69) is 15.1 Å². The van der Waals surface area contributed by atoms with Crippen LogP contribution in [0.1, 0.15) is 33.3 Å². The second-order valence-corrected chi connectivity index (χ2v) is 2.49. The first-order valence-corrected chi connectivity index (χ1v) is 5.38. The van der Waals surface area contributed by atoms with E-state index in [0.29, 0.717) is 5.65 Å². The molecule has 2 heterocycles. The summed E-state index contributed by atoms with van der Waals surface area (Å²) in [5.74, 6) is 0.108. The molecule has 0 atom stereocenters. The number of H-pyrrole nitrogens is 1. The number of aromatic amines is 1. The number of fused-ring (bicyclic) bond motifs is 1. The van der Waals surface area contributed by atoms with Gasteiger partial charge in [-0.05, 0) is 6.92 Å². The van der Waals surface area contributed by atoms with Gasteiger partial charge in [0.1, 0.15) is 0 Å². The Balaban J connectivity index is 0.000000509. The van der Waals surface area contributed by atoms with Crippen molar-refractivity contribution in [3.8, 4) is 0 Å². The molecule has 90 valence electrons. The number of nitrogens with one attached hydrogen (secondary N) is 1. The molecule has 0 aromatic carbocycles. The van der Waals surface area contributed by atoms with Gasteiger partial charge in [-0.2, -0.15) is 14.6 Å². The van der Waals surface area contributed by atoms with Gasteiger partial charge in [0.2, 0.25) is 5.95 Å². The number of nitrogens with two attached hydrogens (primary N) is 1. The molecule has 3 N–H and O–H groups in total. The van der Waals surface area contributed by atoms with Crippen LogP contribution in [0.3, 0.4) is 0 Å². The number of nitrogens with zero attached hydrogens (tertiary/aromatic N) is 3. The van der Waals surface area contributed by atoms with E-state index in [0.717, 1.165) is 5.56 Å². The van der Waals surface area contributed by atoms with Crippen molar-refractivity contribution in [2.75, 3.05) is 5.73 Å². The number of aromatic nitrogens is 4. The zero-order valence-electron chi connectivity index (χ0n) is 10.4. The van der Waals surface area contributed by atoms with E-state index >= 15 is 0 Å². The standard InChI is InChI=1S/C6H7N5O.2C2H6/c1-3-2-8-11-4(3)9-5(7)10-6(11)12;2*1-2/h2H,1H3,(H3,7,9,10,12);2*1-2H3. The maximum absolute atomic E-state index is 11.1. The van der Waals surface area contributed by atoms with E-state index < -0.39 is 0 Å². The third-order valence-electron chi connectivity index (χ3n) is 1.57. The Kier molecular flexibility index (Phi) is 5.84. The SMILES string of the molecule is CC.CC.Cc1cnn2c(=O)[nH]c(N)nc12. The first-order valence-electron chi connectivity index (χ1n) is 5.38. The average Bonchev–Trinajstić information content (AvgIpc) is 2.67. The van der Waals surface area contributed by atoms with Crippen LogP contribution in [0.2, 0.25) is 0 Å². The van der Waals surface area contributed by atoms with Crippen molar-refractivity contribution < 1.29 is 0 Å². The van der Waals surface area contributed by atoms with Crippen LogP contribution in [0.4, 0.5) is 5.95 Å². The van der Waals surface area contributed by atoms with Gasteiger partial charge in [-0.1, -0.05) is 27.7 Å². The largest absolute Gasteiger partial charge is 0.369 e. The average molecular weight is 225 g/mol. The highest BCUT2D eigenvalue weighted by Gasteiger charge is 2.04. The first kappa shape index (κ1) is 14.2. The Hall–Kier alpha value is -1.85. The van der Waals surface area contributed by atoms with E-state index in [1.54, 1.807) is 6.20 Å². The van der Waals surface area contributed by atoms with E-state index in [-0.39, 0.29) is 11.6 Å². The number of anilines is 1. The molecule has 0 saturated heterocycles. The molecule has 0 radical (unpaired) electrons. The highest BCUT2D eigenvalue weighted by Crippen LogP contribution is 2.02. The van der Waals surface area contributed by atoms with Crippen LogP contribution in [0.15, 0.2) is 11.0 Å². The minimum atomic E-state index is -0.370. The fraction of sp³-hybridized carbons (Fsp3) is 0.500. The molecule has 0 saturated carbocycles. The van der Waals surface area contributed by atoms with Gasteiger partial charge in [0.25, 0.3) is 0 Å². The smallest absolute Gasteiger partial charge is 0.350 e. The van der Waals surface area contributed by atoms with Crippen LogP contribution < -0.4 is 11.4 Å². The third-order valence-corrected chi connectivity index (χ3v) is 1.57. The Bertz CT molecular complexity index is 485. The van der Waals surface area contributed by atoms with Gasteiger partial charge in [-0.3, -0.25) is 4.98 Å². The summed E-state index contributed by atoms with van der Waals surface area (Å²) in [5, 5.41) is 3.81. The topological polar surface area (TPSA) is 89.1 Å². The van der Waals surface area contributed by atoms with Crippen LogP contribution in [-0.2, 0) is 0 Å². The van der Waals surface area contributed by atoms with Gasteiger partial charge >= 0.3 is 5.69 Å². The van der Waals surface area contributed by atoms with Crippen LogP contribution in [0.5, 0.6) is 0 Å². The van der Waals surface area contributed by atoms with Crippen molar-refractivity contribution in [3.05, 3.63) is 22.2 Å². The minimum Gasteiger partial charge on any atom is -0.369 e. The molecule has 6 heteroatoms. The van der Waals surface area contributed by atoms with E-state index in [4.69, 9.17) is 5.73 Å². The monoisotopic (exact) mass is 225 g/mol.